The summed E-state index contributed by atoms with van der Waals surface area (Å²) < 4.78 is 80.2. The number of hydrogen-bond donors (Lipinski definition) is 2. The number of nitrogens with zero attached hydrogens (tertiary/aromatic N) is 2. The van der Waals surface area contributed by atoms with E-state index < -0.39 is 29.9 Å². The third-order valence-corrected chi connectivity index (χ3v) is 4.66. The molecule has 0 radical (unpaired) electrons. The van der Waals surface area contributed by atoms with Crippen molar-refractivity contribution in [1.82, 2.24) is 5.43 Å². The zero-order valence-corrected chi connectivity index (χ0v) is 18.1. The summed E-state index contributed by atoms with van der Waals surface area (Å²) in [4.78, 5) is 12.3. The van der Waals surface area contributed by atoms with Gasteiger partial charge in [-0.3, -0.25) is 0 Å². The number of alkyl halides is 6. The van der Waals surface area contributed by atoms with Crippen LogP contribution in [0.15, 0.2) is 77.9 Å². The number of halogens is 6. The average molecular weight is 506 g/mol. The van der Waals surface area contributed by atoms with Crippen LogP contribution in [-0.4, -0.2) is 18.1 Å². The standard InChI is InChI=1S/C24H16F6N4O2/c25-23(26,27)18-7-3-6-16(12-18)21(13-15-4-1-2-5-17(15)14-31)33-34-22(35)32-19-8-10-20(11-9-19)36-24(28,29)30/h1-12H,13H2,(H2,32,34,35)/b33-21-. The topological polar surface area (TPSA) is 86.5 Å². The van der Waals surface area contributed by atoms with E-state index in [1.807, 2.05) is 6.07 Å². The molecule has 0 fully saturated rings. The van der Waals surface area contributed by atoms with Gasteiger partial charge in [0.2, 0.25) is 0 Å². The van der Waals surface area contributed by atoms with Crippen LogP contribution in [0.4, 0.5) is 36.8 Å². The van der Waals surface area contributed by atoms with E-state index in [4.69, 9.17) is 0 Å². The van der Waals surface area contributed by atoms with Crippen molar-refractivity contribution in [3.05, 3.63) is 95.1 Å². The molecule has 2 amide bonds. The van der Waals surface area contributed by atoms with Gasteiger partial charge in [-0.25, -0.2) is 10.2 Å². The fraction of sp³-hybridized carbons (Fsp3) is 0.125. The van der Waals surface area contributed by atoms with Gasteiger partial charge in [0.15, 0.2) is 0 Å². The fourth-order valence-electron chi connectivity index (χ4n) is 3.06. The Hall–Kier alpha value is -4.53. The number of nitrogens with one attached hydrogen (secondary N) is 2. The quantitative estimate of drug-likeness (QED) is 0.236. The first kappa shape index (κ1) is 26.1. The van der Waals surface area contributed by atoms with E-state index in [9.17, 15) is 36.4 Å². The molecule has 0 aliphatic heterocycles. The largest absolute Gasteiger partial charge is 0.573 e. The number of urea groups is 1. The molecule has 3 rings (SSSR count). The number of nitriles is 1. The molecule has 0 aliphatic rings. The van der Waals surface area contributed by atoms with Crippen LogP contribution in [0.5, 0.6) is 5.75 Å². The van der Waals surface area contributed by atoms with Crippen molar-refractivity contribution in [1.29, 1.82) is 5.26 Å². The monoisotopic (exact) mass is 506 g/mol. The summed E-state index contributed by atoms with van der Waals surface area (Å²) in [6.45, 7) is 0. The van der Waals surface area contributed by atoms with Crippen molar-refractivity contribution in [3.8, 4) is 11.8 Å². The van der Waals surface area contributed by atoms with Gasteiger partial charge in [0.25, 0.3) is 0 Å². The molecule has 186 valence electrons. The highest BCUT2D eigenvalue weighted by Gasteiger charge is 2.31. The van der Waals surface area contributed by atoms with Crippen molar-refractivity contribution in [2.45, 2.75) is 19.0 Å². The minimum Gasteiger partial charge on any atom is -0.406 e. The zero-order valence-electron chi connectivity index (χ0n) is 18.1. The Bertz CT molecular complexity index is 1300. The van der Waals surface area contributed by atoms with Gasteiger partial charge in [0.05, 0.1) is 22.9 Å². The van der Waals surface area contributed by atoms with Crippen LogP contribution in [0, 0.1) is 11.3 Å². The Morgan fingerprint density at radius 2 is 1.64 bits per heavy atom. The Kier molecular flexibility index (Phi) is 7.83. The number of anilines is 1. The van der Waals surface area contributed by atoms with Crippen LogP contribution < -0.4 is 15.5 Å². The van der Waals surface area contributed by atoms with E-state index in [1.54, 1.807) is 18.2 Å². The number of rotatable bonds is 6. The van der Waals surface area contributed by atoms with Gasteiger partial charge in [-0.1, -0.05) is 30.3 Å². The first-order valence-electron chi connectivity index (χ1n) is 10.1. The Balaban J connectivity index is 1.83. The van der Waals surface area contributed by atoms with Crippen molar-refractivity contribution in [3.63, 3.8) is 0 Å². The second-order valence-corrected chi connectivity index (χ2v) is 7.22. The SMILES string of the molecule is N#Cc1ccccc1C/C(=N/NC(=O)Nc1ccc(OC(F)(F)F)cc1)c1cccc(C(F)(F)F)c1. The smallest absolute Gasteiger partial charge is 0.406 e. The zero-order chi connectivity index (χ0) is 26.3. The van der Waals surface area contributed by atoms with Crippen molar-refractivity contribution in [2.75, 3.05) is 5.32 Å². The lowest BCUT2D eigenvalue weighted by Crippen LogP contribution is -2.26. The average Bonchev–Trinajstić information content (AvgIpc) is 2.82. The second kappa shape index (κ2) is 10.8. The number of carbonyl (C=O) groups is 1. The molecule has 3 aromatic rings. The molecule has 0 aliphatic carbocycles. The maximum Gasteiger partial charge on any atom is 0.573 e. The molecule has 0 heterocycles. The van der Waals surface area contributed by atoms with Crippen LogP contribution in [0.25, 0.3) is 0 Å². The molecule has 3 aromatic carbocycles. The summed E-state index contributed by atoms with van der Waals surface area (Å²) in [6, 6.07) is 16.1. The molecule has 0 atom stereocenters. The van der Waals surface area contributed by atoms with Crippen LogP contribution in [0.1, 0.15) is 22.3 Å². The van der Waals surface area contributed by atoms with E-state index in [1.165, 1.54) is 18.2 Å². The van der Waals surface area contributed by atoms with Gasteiger partial charge in [-0.05, 0) is 53.6 Å². The Morgan fingerprint density at radius 3 is 2.28 bits per heavy atom. The van der Waals surface area contributed by atoms with E-state index in [-0.39, 0.29) is 28.9 Å². The lowest BCUT2D eigenvalue weighted by molar-refractivity contribution is -0.274. The molecule has 0 unspecified atom stereocenters. The maximum atomic E-state index is 13.2. The van der Waals surface area contributed by atoms with Gasteiger partial charge in [0.1, 0.15) is 5.75 Å². The molecular weight excluding hydrogens is 490 g/mol. The van der Waals surface area contributed by atoms with E-state index >= 15 is 0 Å². The normalized spacial score (nSPS) is 12.0. The van der Waals surface area contributed by atoms with Gasteiger partial charge in [0, 0.05) is 12.1 Å². The molecule has 0 saturated heterocycles. The summed E-state index contributed by atoms with van der Waals surface area (Å²) in [5.41, 5.74) is 2.19. The third kappa shape index (κ3) is 7.49. The summed E-state index contributed by atoms with van der Waals surface area (Å²) >= 11 is 0. The van der Waals surface area contributed by atoms with E-state index in [0.29, 0.717) is 5.56 Å². The lowest BCUT2D eigenvalue weighted by Gasteiger charge is -2.13. The summed E-state index contributed by atoms with van der Waals surface area (Å²) in [5, 5.41) is 15.6. The van der Waals surface area contributed by atoms with Crippen molar-refractivity contribution >= 4 is 17.4 Å². The highest BCUT2D eigenvalue weighted by Crippen LogP contribution is 2.30. The summed E-state index contributed by atoms with van der Waals surface area (Å²) in [6.07, 6.45) is -9.56. The highest BCUT2D eigenvalue weighted by atomic mass is 19.4. The van der Waals surface area contributed by atoms with Crippen molar-refractivity contribution in [2.24, 2.45) is 5.10 Å². The number of benzene rings is 3. The fourth-order valence-corrected chi connectivity index (χ4v) is 3.06. The Morgan fingerprint density at radius 1 is 0.944 bits per heavy atom. The molecule has 36 heavy (non-hydrogen) atoms. The maximum absolute atomic E-state index is 13.2. The van der Waals surface area contributed by atoms with Crippen LogP contribution in [0.2, 0.25) is 0 Å². The third-order valence-electron chi connectivity index (χ3n) is 4.66. The second-order valence-electron chi connectivity index (χ2n) is 7.22. The molecule has 0 saturated carbocycles. The molecule has 6 nitrogen and oxygen atoms in total. The molecule has 2 N–H and O–H groups in total. The lowest BCUT2D eigenvalue weighted by atomic mass is 9.97. The summed E-state index contributed by atoms with van der Waals surface area (Å²) in [5.74, 6) is -0.491. The number of ether oxygens (including phenoxy) is 1. The van der Waals surface area contributed by atoms with Gasteiger partial charge >= 0.3 is 18.6 Å². The minimum absolute atomic E-state index is 0.0351. The first-order valence-corrected chi connectivity index (χ1v) is 10.1. The van der Waals surface area contributed by atoms with Crippen LogP contribution in [0.3, 0.4) is 0 Å². The number of carbonyl (C=O) groups excluding carboxylic acids is 1. The predicted octanol–water partition coefficient (Wildman–Crippen LogP) is 6.24. The molecular formula is C24H16F6N4O2. The highest BCUT2D eigenvalue weighted by molar-refractivity contribution is 6.03. The van der Waals surface area contributed by atoms with Gasteiger partial charge in [-0.15, -0.1) is 13.2 Å². The molecule has 0 spiro atoms. The van der Waals surface area contributed by atoms with E-state index in [2.05, 4.69) is 20.6 Å². The van der Waals surface area contributed by atoms with Crippen LogP contribution >= 0.6 is 0 Å². The van der Waals surface area contributed by atoms with E-state index in [0.717, 1.165) is 36.4 Å². The Labute approximate surface area is 200 Å². The molecule has 0 bridgehead atoms. The molecule has 0 aromatic heterocycles. The number of amides is 2. The number of hydrazone groups is 1. The molecule has 12 heteroatoms. The first-order chi connectivity index (χ1) is 16.9. The predicted molar refractivity (Wildman–Crippen MR) is 118 cm³/mol. The number of hydrogen-bond acceptors (Lipinski definition) is 4. The van der Waals surface area contributed by atoms with Crippen molar-refractivity contribution < 1.29 is 35.9 Å². The van der Waals surface area contributed by atoms with Crippen LogP contribution in [-0.2, 0) is 12.6 Å². The van der Waals surface area contributed by atoms with Gasteiger partial charge in [-0.2, -0.15) is 23.5 Å². The minimum atomic E-state index is -4.87. The van der Waals surface area contributed by atoms with Gasteiger partial charge < -0.3 is 10.1 Å². The summed E-state index contributed by atoms with van der Waals surface area (Å²) in [7, 11) is 0.